The number of amidine groups is 1. The van der Waals surface area contributed by atoms with Crippen LogP contribution in [0.15, 0.2) is 46.5 Å². The maximum Gasteiger partial charge on any atom is 0.162 e. The lowest BCUT2D eigenvalue weighted by molar-refractivity contribution is 0.297. The van der Waals surface area contributed by atoms with Crippen molar-refractivity contribution >= 4 is 17.6 Å². The lowest BCUT2D eigenvalue weighted by Gasteiger charge is -2.09. The van der Waals surface area contributed by atoms with Crippen LogP contribution < -0.4 is 15.2 Å². The molecule has 0 unspecified atom stereocenters. The summed E-state index contributed by atoms with van der Waals surface area (Å²) >= 11 is 1.50. The maximum atomic E-state index is 7.46. The van der Waals surface area contributed by atoms with Crippen molar-refractivity contribution in [1.82, 2.24) is 4.98 Å². The van der Waals surface area contributed by atoms with Crippen molar-refractivity contribution < 1.29 is 9.47 Å². The summed E-state index contributed by atoms with van der Waals surface area (Å²) in [4.78, 5) is 5.29. The van der Waals surface area contributed by atoms with E-state index >= 15 is 0 Å². The molecule has 1 aromatic heterocycles. The number of benzene rings is 1. The van der Waals surface area contributed by atoms with E-state index in [1.165, 1.54) is 11.8 Å². The Morgan fingerprint density at radius 1 is 1.14 bits per heavy atom. The molecule has 0 fully saturated rings. The zero-order chi connectivity index (χ0) is 14.7. The van der Waals surface area contributed by atoms with Crippen LogP contribution in [0.4, 0.5) is 0 Å². The molecule has 0 spiro atoms. The van der Waals surface area contributed by atoms with E-state index in [1.807, 2.05) is 18.2 Å². The van der Waals surface area contributed by atoms with E-state index in [9.17, 15) is 0 Å². The van der Waals surface area contributed by atoms with E-state index < -0.39 is 0 Å². The molecule has 1 aliphatic rings. The zero-order valence-electron chi connectivity index (χ0n) is 11.3. The minimum absolute atomic E-state index is 0.0397. The van der Waals surface area contributed by atoms with Gasteiger partial charge in [0.25, 0.3) is 0 Å². The number of nitrogens with zero attached hydrogens (tertiary/aromatic N) is 1. The van der Waals surface area contributed by atoms with Gasteiger partial charge in [-0.05, 0) is 30.3 Å². The van der Waals surface area contributed by atoms with Crippen molar-refractivity contribution in [3.05, 3.63) is 42.1 Å². The van der Waals surface area contributed by atoms with E-state index in [4.69, 9.17) is 20.6 Å². The fraction of sp³-hybridized carbons (Fsp3) is 0.200. The van der Waals surface area contributed by atoms with Gasteiger partial charge in [-0.25, -0.2) is 4.98 Å². The molecule has 2 aromatic rings. The Balaban J connectivity index is 1.83. The second-order valence-electron chi connectivity index (χ2n) is 4.56. The summed E-state index contributed by atoms with van der Waals surface area (Å²) in [5.41, 5.74) is 6.16. The van der Waals surface area contributed by atoms with Gasteiger partial charge in [-0.3, -0.25) is 5.41 Å². The van der Waals surface area contributed by atoms with Crippen LogP contribution in [-0.2, 0) is 0 Å². The van der Waals surface area contributed by atoms with E-state index in [1.54, 1.807) is 18.3 Å². The number of nitrogen functional groups attached to an aromatic ring is 1. The van der Waals surface area contributed by atoms with E-state index in [-0.39, 0.29) is 5.84 Å². The fourth-order valence-electron chi connectivity index (χ4n) is 1.96. The molecule has 0 radical (unpaired) electrons. The lowest BCUT2D eigenvalue weighted by Crippen LogP contribution is -2.10. The molecule has 3 rings (SSSR count). The Labute approximate surface area is 127 Å². The summed E-state index contributed by atoms with van der Waals surface area (Å²) in [7, 11) is 0. The molecular weight excluding hydrogens is 286 g/mol. The van der Waals surface area contributed by atoms with Crippen molar-refractivity contribution in [2.75, 3.05) is 13.2 Å². The molecule has 3 N–H and O–H groups in total. The largest absolute Gasteiger partial charge is 0.490 e. The molecule has 2 heterocycles. The average molecular weight is 301 g/mol. The van der Waals surface area contributed by atoms with Gasteiger partial charge in [0.15, 0.2) is 11.5 Å². The highest BCUT2D eigenvalue weighted by Gasteiger charge is 2.11. The van der Waals surface area contributed by atoms with Crippen LogP contribution in [0.5, 0.6) is 11.5 Å². The number of ether oxygens (including phenoxy) is 2. The molecule has 21 heavy (non-hydrogen) atoms. The van der Waals surface area contributed by atoms with Gasteiger partial charge < -0.3 is 15.2 Å². The molecular formula is C15H15N3O2S. The maximum absolute atomic E-state index is 7.46. The normalized spacial score (nSPS) is 13.5. The van der Waals surface area contributed by atoms with Gasteiger partial charge in [-0.2, -0.15) is 0 Å². The first-order valence-corrected chi connectivity index (χ1v) is 7.42. The van der Waals surface area contributed by atoms with Crippen LogP contribution in [-0.4, -0.2) is 24.0 Å². The molecule has 108 valence electrons. The molecule has 1 aromatic carbocycles. The van der Waals surface area contributed by atoms with Crippen LogP contribution in [0.1, 0.15) is 12.0 Å². The average Bonchev–Trinajstić information content (AvgIpc) is 2.72. The Kier molecular flexibility index (Phi) is 3.96. The van der Waals surface area contributed by atoms with Crippen LogP contribution in [0, 0.1) is 5.41 Å². The summed E-state index contributed by atoms with van der Waals surface area (Å²) < 4.78 is 11.3. The number of hydrogen-bond acceptors (Lipinski definition) is 5. The third kappa shape index (κ3) is 3.28. The predicted molar refractivity (Wildman–Crippen MR) is 81.4 cm³/mol. The third-order valence-corrected chi connectivity index (χ3v) is 3.91. The van der Waals surface area contributed by atoms with Crippen molar-refractivity contribution in [2.45, 2.75) is 16.3 Å². The topological polar surface area (TPSA) is 81.2 Å². The highest BCUT2D eigenvalue weighted by atomic mass is 32.2. The number of pyridine rings is 1. The van der Waals surface area contributed by atoms with Gasteiger partial charge in [0.05, 0.1) is 13.2 Å². The second kappa shape index (κ2) is 6.05. The van der Waals surface area contributed by atoms with Gasteiger partial charge >= 0.3 is 0 Å². The number of aromatic nitrogens is 1. The van der Waals surface area contributed by atoms with Gasteiger partial charge in [-0.15, -0.1) is 0 Å². The standard InChI is InChI=1S/C15H15N3O2S/c16-15(17)10-4-5-18-14(8-10)21-11-2-3-12-13(9-11)20-7-1-6-19-12/h2-5,8-9H,1,6-7H2,(H3,16,17). The van der Waals surface area contributed by atoms with Crippen LogP contribution in [0.3, 0.4) is 0 Å². The monoisotopic (exact) mass is 301 g/mol. The molecule has 0 bridgehead atoms. The highest BCUT2D eigenvalue weighted by molar-refractivity contribution is 7.99. The Morgan fingerprint density at radius 3 is 2.76 bits per heavy atom. The summed E-state index contributed by atoms with van der Waals surface area (Å²) in [5, 5.41) is 8.25. The Morgan fingerprint density at radius 2 is 1.95 bits per heavy atom. The number of rotatable bonds is 3. The molecule has 0 amide bonds. The van der Waals surface area contributed by atoms with Crippen molar-refractivity contribution in [2.24, 2.45) is 5.73 Å². The molecule has 0 aliphatic carbocycles. The first-order valence-electron chi connectivity index (χ1n) is 6.60. The van der Waals surface area contributed by atoms with Crippen molar-refractivity contribution in [1.29, 1.82) is 5.41 Å². The molecule has 0 atom stereocenters. The van der Waals surface area contributed by atoms with Crippen molar-refractivity contribution in [3.8, 4) is 11.5 Å². The molecule has 6 heteroatoms. The molecule has 1 aliphatic heterocycles. The first kappa shape index (κ1) is 13.8. The van der Waals surface area contributed by atoms with Crippen molar-refractivity contribution in [3.63, 3.8) is 0 Å². The number of hydrogen-bond donors (Lipinski definition) is 2. The SMILES string of the molecule is N=C(N)c1ccnc(Sc2ccc3c(c2)OCCCO3)c1. The number of nitrogens with one attached hydrogen (secondary N) is 1. The van der Waals surface area contributed by atoms with Crippen LogP contribution in [0.25, 0.3) is 0 Å². The lowest BCUT2D eigenvalue weighted by atomic mass is 10.2. The summed E-state index contributed by atoms with van der Waals surface area (Å²) in [6.07, 6.45) is 2.54. The second-order valence-corrected chi connectivity index (χ2v) is 5.65. The van der Waals surface area contributed by atoms with E-state index in [0.717, 1.165) is 27.8 Å². The Bertz CT molecular complexity index is 676. The summed E-state index contributed by atoms with van der Waals surface area (Å²) in [5.74, 6) is 1.58. The van der Waals surface area contributed by atoms with Gasteiger partial charge in [0.1, 0.15) is 10.9 Å². The van der Waals surface area contributed by atoms with Gasteiger partial charge in [-0.1, -0.05) is 11.8 Å². The minimum Gasteiger partial charge on any atom is -0.490 e. The van der Waals surface area contributed by atoms with Crippen LogP contribution >= 0.6 is 11.8 Å². The highest BCUT2D eigenvalue weighted by Crippen LogP contribution is 2.36. The number of nitrogens with two attached hydrogens (primary N) is 1. The smallest absolute Gasteiger partial charge is 0.162 e. The Hall–Kier alpha value is -2.21. The molecule has 0 saturated heterocycles. The predicted octanol–water partition coefficient (Wildman–Crippen LogP) is 2.68. The molecule has 0 saturated carbocycles. The van der Waals surface area contributed by atoms with Crippen LogP contribution in [0.2, 0.25) is 0 Å². The first-order chi connectivity index (χ1) is 10.2. The van der Waals surface area contributed by atoms with Gasteiger partial charge in [0.2, 0.25) is 0 Å². The summed E-state index contributed by atoms with van der Waals surface area (Å²) in [6.45, 7) is 1.35. The van der Waals surface area contributed by atoms with E-state index in [0.29, 0.717) is 18.8 Å². The number of fused-ring (bicyclic) bond motifs is 1. The fourth-order valence-corrected chi connectivity index (χ4v) is 2.80. The minimum atomic E-state index is 0.0397. The third-order valence-electron chi connectivity index (χ3n) is 2.99. The van der Waals surface area contributed by atoms with E-state index in [2.05, 4.69) is 4.98 Å². The van der Waals surface area contributed by atoms with Gasteiger partial charge in [0, 0.05) is 23.1 Å². The zero-order valence-corrected chi connectivity index (χ0v) is 12.2. The quantitative estimate of drug-likeness (QED) is 0.673. The summed E-state index contributed by atoms with van der Waals surface area (Å²) in [6, 6.07) is 9.36. The molecule has 5 nitrogen and oxygen atoms in total.